The SMILES string of the molecule is Cc1ccc(C(=O)NCCNC(=O)[C@@H](N)C(C)C)cc1.Cl. The maximum absolute atomic E-state index is 11.8. The Labute approximate surface area is 132 Å². The predicted octanol–water partition coefficient (Wildman–Crippen LogP) is 1.25. The second-order valence-corrected chi connectivity index (χ2v) is 5.18. The highest BCUT2D eigenvalue weighted by molar-refractivity contribution is 5.94. The fourth-order valence-corrected chi connectivity index (χ4v) is 1.59. The third-order valence-electron chi connectivity index (χ3n) is 3.04. The number of amides is 2. The predicted molar refractivity (Wildman–Crippen MR) is 86.6 cm³/mol. The summed E-state index contributed by atoms with van der Waals surface area (Å²) in [5, 5.41) is 5.45. The van der Waals surface area contributed by atoms with Crippen molar-refractivity contribution in [3.05, 3.63) is 35.4 Å². The molecule has 6 heteroatoms. The molecule has 1 aromatic rings. The van der Waals surface area contributed by atoms with E-state index in [0.717, 1.165) is 5.56 Å². The number of rotatable bonds is 6. The fourth-order valence-electron chi connectivity index (χ4n) is 1.59. The van der Waals surface area contributed by atoms with Crippen LogP contribution in [-0.2, 0) is 4.79 Å². The van der Waals surface area contributed by atoms with Gasteiger partial charge in [-0.3, -0.25) is 9.59 Å². The molecule has 5 nitrogen and oxygen atoms in total. The van der Waals surface area contributed by atoms with Gasteiger partial charge in [-0.05, 0) is 25.0 Å². The molecule has 1 atom stereocenters. The Morgan fingerprint density at radius 1 is 1.10 bits per heavy atom. The van der Waals surface area contributed by atoms with Crippen molar-refractivity contribution < 1.29 is 9.59 Å². The maximum atomic E-state index is 11.8. The van der Waals surface area contributed by atoms with Gasteiger partial charge in [-0.2, -0.15) is 0 Å². The minimum absolute atomic E-state index is 0. The van der Waals surface area contributed by atoms with Crippen molar-refractivity contribution in [1.29, 1.82) is 0 Å². The Morgan fingerprint density at radius 2 is 1.62 bits per heavy atom. The number of hydrogen-bond donors (Lipinski definition) is 3. The molecule has 0 unspecified atom stereocenters. The molecule has 118 valence electrons. The van der Waals surface area contributed by atoms with Crippen molar-refractivity contribution in [3.63, 3.8) is 0 Å². The van der Waals surface area contributed by atoms with Crippen molar-refractivity contribution in [1.82, 2.24) is 10.6 Å². The van der Waals surface area contributed by atoms with E-state index >= 15 is 0 Å². The summed E-state index contributed by atoms with van der Waals surface area (Å²) < 4.78 is 0. The quantitative estimate of drug-likeness (QED) is 0.691. The van der Waals surface area contributed by atoms with Gasteiger partial charge in [0.1, 0.15) is 0 Å². The summed E-state index contributed by atoms with van der Waals surface area (Å²) in [5.74, 6) is -0.242. The minimum Gasteiger partial charge on any atom is -0.353 e. The lowest BCUT2D eigenvalue weighted by molar-refractivity contribution is -0.123. The molecule has 0 saturated carbocycles. The topological polar surface area (TPSA) is 84.2 Å². The lowest BCUT2D eigenvalue weighted by atomic mass is 10.1. The van der Waals surface area contributed by atoms with Gasteiger partial charge in [0.2, 0.25) is 5.91 Å². The van der Waals surface area contributed by atoms with Crippen LogP contribution in [0.15, 0.2) is 24.3 Å². The first-order chi connectivity index (χ1) is 9.41. The van der Waals surface area contributed by atoms with E-state index in [1.54, 1.807) is 12.1 Å². The number of aryl methyl sites for hydroxylation is 1. The van der Waals surface area contributed by atoms with Gasteiger partial charge >= 0.3 is 0 Å². The van der Waals surface area contributed by atoms with Gasteiger partial charge in [-0.1, -0.05) is 31.5 Å². The summed E-state index contributed by atoms with van der Waals surface area (Å²) in [6.07, 6.45) is 0. The standard InChI is InChI=1S/C15H23N3O2.ClH/c1-10(2)13(16)15(20)18-9-8-17-14(19)12-6-4-11(3)5-7-12;/h4-7,10,13H,8-9,16H2,1-3H3,(H,17,19)(H,18,20);1H/t13-;/m0./s1. The lowest BCUT2D eigenvalue weighted by Gasteiger charge is -2.15. The van der Waals surface area contributed by atoms with Gasteiger partial charge in [-0.15, -0.1) is 12.4 Å². The fraction of sp³-hybridized carbons (Fsp3) is 0.467. The molecule has 0 bridgehead atoms. The molecule has 1 rings (SSSR count). The first-order valence-corrected chi connectivity index (χ1v) is 6.80. The molecule has 0 aliphatic rings. The third kappa shape index (κ3) is 6.60. The number of hydrogen-bond acceptors (Lipinski definition) is 3. The Hall–Kier alpha value is -1.59. The molecule has 0 heterocycles. The Balaban J connectivity index is 0.00000400. The summed E-state index contributed by atoms with van der Waals surface area (Å²) >= 11 is 0. The second-order valence-electron chi connectivity index (χ2n) is 5.18. The summed E-state index contributed by atoms with van der Waals surface area (Å²) in [7, 11) is 0. The van der Waals surface area contributed by atoms with Crippen LogP contribution in [0.25, 0.3) is 0 Å². The molecular formula is C15H24ClN3O2. The Morgan fingerprint density at radius 3 is 2.14 bits per heavy atom. The monoisotopic (exact) mass is 313 g/mol. The molecule has 0 radical (unpaired) electrons. The first kappa shape index (κ1) is 19.4. The van der Waals surface area contributed by atoms with Gasteiger partial charge in [0.15, 0.2) is 0 Å². The Bertz CT molecular complexity index is 460. The summed E-state index contributed by atoms with van der Waals surface area (Å²) in [6.45, 7) is 6.50. The molecule has 4 N–H and O–H groups in total. The van der Waals surface area contributed by atoms with Gasteiger partial charge in [0.05, 0.1) is 6.04 Å². The molecule has 0 fully saturated rings. The molecule has 2 amide bonds. The summed E-state index contributed by atoms with van der Waals surface area (Å²) in [5.41, 5.74) is 7.43. The normalized spacial score (nSPS) is 11.5. The molecule has 0 aliphatic heterocycles. The van der Waals surface area contributed by atoms with Crippen LogP contribution in [0.3, 0.4) is 0 Å². The highest BCUT2D eigenvalue weighted by Gasteiger charge is 2.16. The number of carbonyl (C=O) groups is 2. The maximum Gasteiger partial charge on any atom is 0.251 e. The molecule has 0 spiro atoms. The first-order valence-electron chi connectivity index (χ1n) is 6.80. The van der Waals surface area contributed by atoms with Crippen LogP contribution in [0.2, 0.25) is 0 Å². The molecule has 0 aliphatic carbocycles. The average Bonchev–Trinajstić information content (AvgIpc) is 2.42. The number of halogens is 1. The largest absolute Gasteiger partial charge is 0.353 e. The molecule has 0 aromatic heterocycles. The number of carbonyl (C=O) groups excluding carboxylic acids is 2. The smallest absolute Gasteiger partial charge is 0.251 e. The van der Waals surface area contributed by atoms with Gasteiger partial charge in [-0.25, -0.2) is 0 Å². The van der Waals surface area contributed by atoms with Crippen LogP contribution in [0.1, 0.15) is 29.8 Å². The second kappa shape index (κ2) is 9.37. The van der Waals surface area contributed by atoms with Crippen molar-refractivity contribution in [2.75, 3.05) is 13.1 Å². The van der Waals surface area contributed by atoms with E-state index < -0.39 is 6.04 Å². The van der Waals surface area contributed by atoms with E-state index in [1.165, 1.54) is 0 Å². The number of nitrogens with one attached hydrogen (secondary N) is 2. The van der Waals surface area contributed by atoms with Crippen molar-refractivity contribution in [2.45, 2.75) is 26.8 Å². The van der Waals surface area contributed by atoms with Crippen LogP contribution in [-0.4, -0.2) is 30.9 Å². The van der Waals surface area contributed by atoms with E-state index in [-0.39, 0.29) is 30.1 Å². The van der Waals surface area contributed by atoms with Crippen LogP contribution in [0, 0.1) is 12.8 Å². The van der Waals surface area contributed by atoms with E-state index in [9.17, 15) is 9.59 Å². The molecule has 1 aromatic carbocycles. The highest BCUT2D eigenvalue weighted by atomic mass is 35.5. The van der Waals surface area contributed by atoms with Crippen molar-refractivity contribution in [2.24, 2.45) is 11.7 Å². The van der Waals surface area contributed by atoms with E-state index in [0.29, 0.717) is 18.7 Å². The zero-order valence-electron chi connectivity index (χ0n) is 12.7. The van der Waals surface area contributed by atoms with E-state index in [1.807, 2.05) is 32.9 Å². The summed E-state index contributed by atoms with van der Waals surface area (Å²) in [6, 6.07) is 6.81. The van der Waals surface area contributed by atoms with Crippen LogP contribution < -0.4 is 16.4 Å². The minimum atomic E-state index is -0.511. The zero-order valence-corrected chi connectivity index (χ0v) is 13.5. The Kier molecular flexibility index (Phi) is 8.66. The van der Waals surface area contributed by atoms with E-state index in [2.05, 4.69) is 10.6 Å². The third-order valence-corrected chi connectivity index (χ3v) is 3.04. The average molecular weight is 314 g/mol. The van der Waals surface area contributed by atoms with Crippen LogP contribution in [0.5, 0.6) is 0 Å². The van der Waals surface area contributed by atoms with E-state index in [4.69, 9.17) is 5.73 Å². The molecular weight excluding hydrogens is 290 g/mol. The van der Waals surface area contributed by atoms with Crippen LogP contribution >= 0.6 is 12.4 Å². The zero-order chi connectivity index (χ0) is 15.1. The van der Waals surface area contributed by atoms with Gasteiger partial charge in [0.25, 0.3) is 5.91 Å². The van der Waals surface area contributed by atoms with Crippen molar-refractivity contribution >= 4 is 24.2 Å². The molecule has 21 heavy (non-hydrogen) atoms. The van der Waals surface area contributed by atoms with Crippen molar-refractivity contribution in [3.8, 4) is 0 Å². The van der Waals surface area contributed by atoms with Gasteiger partial charge < -0.3 is 16.4 Å². The molecule has 0 saturated heterocycles. The number of benzene rings is 1. The van der Waals surface area contributed by atoms with Gasteiger partial charge in [0, 0.05) is 18.7 Å². The lowest BCUT2D eigenvalue weighted by Crippen LogP contribution is -2.46. The highest BCUT2D eigenvalue weighted by Crippen LogP contribution is 2.02. The summed E-state index contributed by atoms with van der Waals surface area (Å²) in [4.78, 5) is 23.4. The van der Waals surface area contributed by atoms with Crippen LogP contribution in [0.4, 0.5) is 0 Å². The number of nitrogens with two attached hydrogens (primary N) is 1.